The molecule has 10 heteroatoms. The molecule has 2 amide bonds. The van der Waals surface area contributed by atoms with Crippen LogP contribution in [0.3, 0.4) is 0 Å². The summed E-state index contributed by atoms with van der Waals surface area (Å²) in [6, 6.07) is 1.73. The van der Waals surface area contributed by atoms with Crippen LogP contribution >= 0.6 is 0 Å². The third-order valence-electron chi connectivity index (χ3n) is 5.93. The maximum absolute atomic E-state index is 13.4. The number of rotatable bonds is 8. The van der Waals surface area contributed by atoms with Gasteiger partial charge < -0.3 is 29.9 Å². The van der Waals surface area contributed by atoms with E-state index in [1.54, 1.807) is 6.92 Å². The lowest BCUT2D eigenvalue weighted by Gasteiger charge is -2.39. The number of aliphatic imine (C=N–C) groups is 1. The number of hydrogen-bond donors (Lipinski definition) is 2. The number of ether oxygens (including phenoxy) is 2. The van der Waals surface area contributed by atoms with E-state index in [4.69, 9.17) is 9.47 Å². The molecule has 186 valence electrons. The Hall–Kier alpha value is -2.38. The van der Waals surface area contributed by atoms with Crippen molar-refractivity contribution in [3.63, 3.8) is 0 Å². The Morgan fingerprint density at radius 1 is 1.18 bits per heavy atom. The van der Waals surface area contributed by atoms with Gasteiger partial charge in [-0.1, -0.05) is 20.8 Å². The molecule has 0 spiro atoms. The number of carbonyl (C=O) groups excluding carboxylic acids is 2. The van der Waals surface area contributed by atoms with Gasteiger partial charge in [-0.25, -0.2) is 4.79 Å². The Bertz CT molecular complexity index is 706. The average molecular weight is 465 g/mol. The van der Waals surface area contributed by atoms with Crippen LogP contribution in [0, 0.1) is 17.2 Å². The molecule has 2 saturated heterocycles. The van der Waals surface area contributed by atoms with Gasteiger partial charge in [0.05, 0.1) is 25.9 Å². The van der Waals surface area contributed by atoms with Gasteiger partial charge in [-0.15, -0.1) is 4.99 Å². The average Bonchev–Trinajstić information content (AvgIpc) is 2.80. The molecule has 2 aliphatic rings. The first-order chi connectivity index (χ1) is 15.8. The number of carbonyl (C=O) groups is 2. The molecule has 0 aromatic heterocycles. The van der Waals surface area contributed by atoms with E-state index in [0.29, 0.717) is 51.5 Å². The maximum atomic E-state index is 13.4. The number of guanidine groups is 1. The number of nitriles is 1. The van der Waals surface area contributed by atoms with Crippen molar-refractivity contribution in [3.8, 4) is 6.07 Å². The fourth-order valence-electron chi connectivity index (χ4n) is 4.13. The molecule has 0 aliphatic carbocycles. The lowest BCUT2D eigenvalue weighted by Crippen LogP contribution is -2.60. The summed E-state index contributed by atoms with van der Waals surface area (Å²) in [6.07, 6.45) is 2.08. The van der Waals surface area contributed by atoms with Gasteiger partial charge in [-0.2, -0.15) is 5.26 Å². The summed E-state index contributed by atoms with van der Waals surface area (Å²) in [4.78, 5) is 33.8. The minimum Gasteiger partial charge on any atom is -0.448 e. The van der Waals surface area contributed by atoms with Crippen LogP contribution in [0.4, 0.5) is 4.79 Å². The van der Waals surface area contributed by atoms with E-state index in [-0.39, 0.29) is 18.4 Å². The van der Waals surface area contributed by atoms with E-state index >= 15 is 0 Å². The Kier molecular flexibility index (Phi) is 10.9. The SMILES string of the molecule is CCCN1CCC(C#N)(NC(=O)C(CC(C)C)N/C(=N\C(=O)OCC)N2CCOCC2)CC1. The molecule has 0 radical (unpaired) electrons. The molecular formula is C23H40N6O4. The molecule has 0 bridgehead atoms. The van der Waals surface area contributed by atoms with Gasteiger partial charge in [-0.3, -0.25) is 4.79 Å². The fourth-order valence-corrected chi connectivity index (χ4v) is 4.13. The summed E-state index contributed by atoms with van der Waals surface area (Å²) in [6.45, 7) is 12.8. The number of nitrogens with one attached hydrogen (secondary N) is 2. The summed E-state index contributed by atoms with van der Waals surface area (Å²) in [5, 5.41) is 16.1. The van der Waals surface area contributed by atoms with Crippen LogP contribution in [0.2, 0.25) is 0 Å². The standard InChI is InChI=1S/C23H40N6O4/c1-5-9-28-10-7-23(17-24,8-11-28)27-20(30)19(16-18(3)4)25-21(26-22(31)33-6-2)29-12-14-32-15-13-29/h18-19H,5-16H2,1-4H3,(H,27,30)(H,25,26,31). The van der Waals surface area contributed by atoms with Gasteiger partial charge >= 0.3 is 6.09 Å². The molecule has 0 saturated carbocycles. The van der Waals surface area contributed by atoms with E-state index in [2.05, 4.69) is 33.5 Å². The molecule has 0 aromatic rings. The summed E-state index contributed by atoms with van der Waals surface area (Å²) >= 11 is 0. The highest BCUT2D eigenvalue weighted by Gasteiger charge is 2.38. The molecule has 2 N–H and O–H groups in total. The van der Waals surface area contributed by atoms with Crippen molar-refractivity contribution in [2.24, 2.45) is 10.9 Å². The first-order valence-corrected chi connectivity index (χ1v) is 12.1. The van der Waals surface area contributed by atoms with Gasteiger partial charge in [-0.05, 0) is 45.1 Å². The molecule has 2 aliphatic heterocycles. The first kappa shape index (κ1) is 26.9. The molecule has 10 nitrogen and oxygen atoms in total. The van der Waals surface area contributed by atoms with Crippen molar-refractivity contribution >= 4 is 18.0 Å². The normalized spacial score (nSPS) is 20.1. The number of likely N-dealkylation sites (tertiary alicyclic amines) is 1. The minimum absolute atomic E-state index is 0.214. The van der Waals surface area contributed by atoms with Crippen LogP contribution in [0.25, 0.3) is 0 Å². The molecule has 33 heavy (non-hydrogen) atoms. The molecule has 2 rings (SSSR count). The number of piperidine rings is 1. The molecular weight excluding hydrogens is 424 g/mol. The second-order valence-corrected chi connectivity index (χ2v) is 9.09. The van der Waals surface area contributed by atoms with E-state index in [9.17, 15) is 14.9 Å². The monoisotopic (exact) mass is 464 g/mol. The number of hydrogen-bond acceptors (Lipinski definition) is 6. The third kappa shape index (κ3) is 8.48. The van der Waals surface area contributed by atoms with Gasteiger partial charge in [0.25, 0.3) is 0 Å². The van der Waals surface area contributed by atoms with Crippen molar-refractivity contribution in [2.75, 3.05) is 52.5 Å². The van der Waals surface area contributed by atoms with Crippen molar-refractivity contribution in [1.82, 2.24) is 20.4 Å². The zero-order valence-electron chi connectivity index (χ0n) is 20.6. The fraction of sp³-hybridized carbons (Fsp3) is 0.826. The van der Waals surface area contributed by atoms with Crippen LogP contribution in [0.15, 0.2) is 4.99 Å². The van der Waals surface area contributed by atoms with Crippen LogP contribution in [0.1, 0.15) is 53.4 Å². The van der Waals surface area contributed by atoms with Crippen LogP contribution < -0.4 is 10.6 Å². The molecule has 2 fully saturated rings. The van der Waals surface area contributed by atoms with E-state index in [0.717, 1.165) is 26.1 Å². The molecule has 2 heterocycles. The number of morpholine rings is 1. The van der Waals surface area contributed by atoms with Crippen LogP contribution in [-0.2, 0) is 14.3 Å². The maximum Gasteiger partial charge on any atom is 0.436 e. The molecule has 0 aromatic carbocycles. The number of nitrogens with zero attached hydrogens (tertiary/aromatic N) is 4. The predicted octanol–water partition coefficient (Wildman–Crippen LogP) is 1.72. The molecule has 1 atom stereocenters. The highest BCUT2D eigenvalue weighted by molar-refractivity contribution is 5.94. The lowest BCUT2D eigenvalue weighted by atomic mass is 9.88. The van der Waals surface area contributed by atoms with Crippen molar-refractivity contribution in [3.05, 3.63) is 0 Å². The van der Waals surface area contributed by atoms with Gasteiger partial charge in [0.15, 0.2) is 0 Å². The summed E-state index contributed by atoms with van der Waals surface area (Å²) in [5.41, 5.74) is -0.879. The predicted molar refractivity (Wildman–Crippen MR) is 126 cm³/mol. The summed E-state index contributed by atoms with van der Waals surface area (Å²) in [7, 11) is 0. The summed E-state index contributed by atoms with van der Waals surface area (Å²) < 4.78 is 10.4. The number of amides is 2. The third-order valence-corrected chi connectivity index (χ3v) is 5.93. The largest absolute Gasteiger partial charge is 0.448 e. The smallest absolute Gasteiger partial charge is 0.436 e. The lowest BCUT2D eigenvalue weighted by molar-refractivity contribution is -0.125. The second kappa shape index (κ2) is 13.4. The quantitative estimate of drug-likeness (QED) is 0.412. The Morgan fingerprint density at radius 3 is 2.39 bits per heavy atom. The van der Waals surface area contributed by atoms with Gasteiger partial charge in [0.1, 0.15) is 11.6 Å². The summed E-state index contributed by atoms with van der Waals surface area (Å²) in [5.74, 6) is 0.270. The van der Waals surface area contributed by atoms with E-state index < -0.39 is 17.7 Å². The highest BCUT2D eigenvalue weighted by atomic mass is 16.5. The highest BCUT2D eigenvalue weighted by Crippen LogP contribution is 2.22. The Morgan fingerprint density at radius 2 is 1.85 bits per heavy atom. The minimum atomic E-state index is -0.879. The van der Waals surface area contributed by atoms with E-state index in [1.165, 1.54) is 0 Å². The van der Waals surface area contributed by atoms with Crippen molar-refractivity contribution < 1.29 is 19.1 Å². The Balaban J connectivity index is 2.17. The van der Waals surface area contributed by atoms with Crippen molar-refractivity contribution in [2.45, 2.75) is 65.0 Å². The molecule has 1 unspecified atom stereocenters. The van der Waals surface area contributed by atoms with Gasteiger partial charge in [0.2, 0.25) is 11.9 Å². The van der Waals surface area contributed by atoms with Gasteiger partial charge in [0, 0.05) is 26.2 Å². The zero-order chi connectivity index (χ0) is 24.3. The zero-order valence-corrected chi connectivity index (χ0v) is 20.6. The second-order valence-electron chi connectivity index (χ2n) is 9.09. The van der Waals surface area contributed by atoms with Crippen LogP contribution in [-0.4, -0.2) is 91.9 Å². The van der Waals surface area contributed by atoms with Crippen molar-refractivity contribution in [1.29, 1.82) is 5.26 Å². The van der Waals surface area contributed by atoms with Crippen LogP contribution in [0.5, 0.6) is 0 Å². The topological polar surface area (TPSA) is 119 Å². The van der Waals surface area contributed by atoms with E-state index in [1.807, 2.05) is 18.7 Å². The Labute approximate surface area is 197 Å². The first-order valence-electron chi connectivity index (χ1n) is 12.1.